The molecule has 2 nitrogen and oxygen atoms in total. The maximum atomic E-state index is 3.33. The Morgan fingerprint density at radius 3 is 1.84 bits per heavy atom. The minimum atomic E-state index is 0.237. The van der Waals surface area contributed by atoms with Crippen LogP contribution in [0, 0.1) is 0 Å². The summed E-state index contributed by atoms with van der Waals surface area (Å²) in [6.45, 7) is 0. The van der Waals surface area contributed by atoms with E-state index in [1.165, 1.54) is 21.8 Å². The number of rotatable bonds is 4. The minimum Gasteiger partial charge on any atom is -0.364 e. The summed E-state index contributed by atoms with van der Waals surface area (Å²) in [5, 5.41) is 0. The molecule has 0 aliphatic rings. The quantitative estimate of drug-likeness (QED) is 0.681. The summed E-state index contributed by atoms with van der Waals surface area (Å²) in [4.78, 5) is 7.95. The topological polar surface area (TPSA) is 31.6 Å². The third kappa shape index (κ3) is 2.47. The number of nitrogens with one attached hydrogen (secondary N) is 2. The molecule has 0 fully saturated rings. The van der Waals surface area contributed by atoms with E-state index in [0.29, 0.717) is 0 Å². The Bertz CT molecular complexity index is 575. The molecule has 96 valence electrons. The molecule has 0 saturated carbocycles. The molecule has 2 aromatic heterocycles. The van der Waals surface area contributed by atoms with E-state index in [1.54, 1.807) is 11.8 Å². The van der Waals surface area contributed by atoms with Crippen LogP contribution in [-0.4, -0.2) is 16.2 Å². The first-order chi connectivity index (χ1) is 9.38. The fourth-order valence-corrected chi connectivity index (χ4v) is 2.78. The van der Waals surface area contributed by atoms with Crippen molar-refractivity contribution in [3.63, 3.8) is 0 Å². The van der Waals surface area contributed by atoms with Crippen LogP contribution in [0.1, 0.15) is 22.9 Å². The van der Waals surface area contributed by atoms with Crippen molar-refractivity contribution >= 4 is 11.8 Å². The Labute approximate surface area is 117 Å². The van der Waals surface area contributed by atoms with Crippen molar-refractivity contribution in [2.75, 3.05) is 6.26 Å². The summed E-state index contributed by atoms with van der Waals surface area (Å²) in [7, 11) is 0. The van der Waals surface area contributed by atoms with Crippen LogP contribution in [0.3, 0.4) is 0 Å². The molecule has 0 saturated heterocycles. The maximum absolute atomic E-state index is 3.33. The highest BCUT2D eigenvalue weighted by Crippen LogP contribution is 2.30. The van der Waals surface area contributed by atoms with Gasteiger partial charge in [-0.15, -0.1) is 11.8 Å². The molecule has 2 heterocycles. The molecule has 2 N–H and O–H groups in total. The molecule has 0 aliphatic carbocycles. The molecule has 3 rings (SSSR count). The smallest absolute Gasteiger partial charge is 0.0641 e. The molecule has 19 heavy (non-hydrogen) atoms. The third-order valence-electron chi connectivity index (χ3n) is 3.32. The van der Waals surface area contributed by atoms with Gasteiger partial charge in [-0.25, -0.2) is 0 Å². The molecule has 0 amide bonds. The molecule has 0 atom stereocenters. The van der Waals surface area contributed by atoms with Crippen LogP contribution in [0.2, 0.25) is 0 Å². The fourth-order valence-electron chi connectivity index (χ4n) is 2.37. The van der Waals surface area contributed by atoms with Crippen molar-refractivity contribution in [1.29, 1.82) is 0 Å². The Kier molecular flexibility index (Phi) is 3.47. The van der Waals surface area contributed by atoms with Crippen LogP contribution in [0.25, 0.3) is 0 Å². The maximum Gasteiger partial charge on any atom is 0.0641 e. The minimum absolute atomic E-state index is 0.237. The van der Waals surface area contributed by atoms with E-state index in [9.17, 15) is 0 Å². The summed E-state index contributed by atoms with van der Waals surface area (Å²) >= 11 is 1.77. The van der Waals surface area contributed by atoms with Gasteiger partial charge in [0.25, 0.3) is 0 Å². The van der Waals surface area contributed by atoms with Gasteiger partial charge in [-0.05, 0) is 48.2 Å². The molecule has 0 spiro atoms. The average Bonchev–Trinajstić information content (AvgIpc) is 3.13. The van der Waals surface area contributed by atoms with Crippen molar-refractivity contribution in [2.24, 2.45) is 0 Å². The standard InChI is InChI=1S/C16H16N2S/c1-19-13-8-6-12(7-9-13)16(14-4-2-10-17-14)15-5-3-11-18-15/h2-11,16-18H,1H3. The van der Waals surface area contributed by atoms with Crippen LogP contribution < -0.4 is 0 Å². The lowest BCUT2D eigenvalue weighted by Gasteiger charge is -2.15. The highest BCUT2D eigenvalue weighted by atomic mass is 32.2. The zero-order valence-corrected chi connectivity index (χ0v) is 11.6. The summed E-state index contributed by atoms with van der Waals surface area (Å²) < 4.78 is 0. The highest BCUT2D eigenvalue weighted by Gasteiger charge is 2.17. The number of aromatic amines is 2. The van der Waals surface area contributed by atoms with Gasteiger partial charge in [0, 0.05) is 28.7 Å². The van der Waals surface area contributed by atoms with Gasteiger partial charge in [-0.1, -0.05) is 12.1 Å². The van der Waals surface area contributed by atoms with Crippen LogP contribution >= 0.6 is 11.8 Å². The zero-order chi connectivity index (χ0) is 13.1. The fraction of sp³-hybridized carbons (Fsp3) is 0.125. The average molecular weight is 268 g/mol. The van der Waals surface area contributed by atoms with Gasteiger partial charge in [-0.2, -0.15) is 0 Å². The van der Waals surface area contributed by atoms with Crippen molar-refractivity contribution in [1.82, 2.24) is 9.97 Å². The second kappa shape index (κ2) is 5.41. The van der Waals surface area contributed by atoms with E-state index in [-0.39, 0.29) is 5.92 Å². The summed E-state index contributed by atoms with van der Waals surface area (Å²) in [5.41, 5.74) is 3.71. The lowest BCUT2D eigenvalue weighted by Crippen LogP contribution is -2.04. The highest BCUT2D eigenvalue weighted by molar-refractivity contribution is 7.98. The van der Waals surface area contributed by atoms with E-state index in [0.717, 1.165) is 0 Å². The van der Waals surface area contributed by atoms with Crippen molar-refractivity contribution in [3.8, 4) is 0 Å². The first-order valence-electron chi connectivity index (χ1n) is 6.29. The molecule has 0 radical (unpaired) electrons. The molecule has 0 aliphatic heterocycles. The van der Waals surface area contributed by atoms with E-state index >= 15 is 0 Å². The molecular weight excluding hydrogens is 252 g/mol. The number of thioether (sulfide) groups is 1. The van der Waals surface area contributed by atoms with E-state index in [4.69, 9.17) is 0 Å². The lowest BCUT2D eigenvalue weighted by atomic mass is 9.93. The van der Waals surface area contributed by atoms with Gasteiger partial charge in [-0.3, -0.25) is 0 Å². The monoisotopic (exact) mass is 268 g/mol. The summed E-state index contributed by atoms with van der Waals surface area (Å²) in [5.74, 6) is 0.237. The number of aromatic nitrogens is 2. The first kappa shape index (κ1) is 12.2. The third-order valence-corrected chi connectivity index (χ3v) is 4.06. The number of H-pyrrole nitrogens is 2. The molecule has 3 heteroatoms. The van der Waals surface area contributed by atoms with Gasteiger partial charge < -0.3 is 9.97 Å². The normalized spacial score (nSPS) is 11.1. The first-order valence-corrected chi connectivity index (χ1v) is 7.51. The summed E-state index contributed by atoms with van der Waals surface area (Å²) in [6, 6.07) is 17.1. The number of benzene rings is 1. The Morgan fingerprint density at radius 1 is 0.842 bits per heavy atom. The second-order valence-electron chi connectivity index (χ2n) is 4.46. The van der Waals surface area contributed by atoms with Crippen LogP contribution in [0.5, 0.6) is 0 Å². The molecule has 0 unspecified atom stereocenters. The predicted molar refractivity (Wildman–Crippen MR) is 80.8 cm³/mol. The van der Waals surface area contributed by atoms with Gasteiger partial charge in [0.2, 0.25) is 0 Å². The van der Waals surface area contributed by atoms with Crippen LogP contribution in [0.15, 0.2) is 65.8 Å². The predicted octanol–water partition coefficient (Wildman–Crippen LogP) is 4.24. The zero-order valence-electron chi connectivity index (χ0n) is 10.8. The SMILES string of the molecule is CSc1ccc(C(c2ccc[nH]2)c2ccc[nH]2)cc1. The van der Waals surface area contributed by atoms with Crippen molar-refractivity contribution in [3.05, 3.63) is 77.9 Å². The van der Waals surface area contributed by atoms with Gasteiger partial charge in [0.15, 0.2) is 0 Å². The van der Waals surface area contributed by atoms with E-state index in [1.807, 2.05) is 24.5 Å². The Morgan fingerprint density at radius 2 is 1.42 bits per heavy atom. The van der Waals surface area contributed by atoms with Crippen LogP contribution in [0.4, 0.5) is 0 Å². The lowest BCUT2D eigenvalue weighted by molar-refractivity contribution is 0.896. The Hall–Kier alpha value is -1.87. The largest absolute Gasteiger partial charge is 0.364 e. The second-order valence-corrected chi connectivity index (χ2v) is 5.34. The van der Waals surface area contributed by atoms with Gasteiger partial charge in [0.1, 0.15) is 0 Å². The number of hydrogen-bond donors (Lipinski definition) is 2. The van der Waals surface area contributed by atoms with Crippen molar-refractivity contribution in [2.45, 2.75) is 10.8 Å². The molecule has 3 aromatic rings. The van der Waals surface area contributed by atoms with Gasteiger partial charge >= 0.3 is 0 Å². The van der Waals surface area contributed by atoms with E-state index in [2.05, 4.69) is 52.6 Å². The van der Waals surface area contributed by atoms with Crippen LogP contribution in [-0.2, 0) is 0 Å². The molecular formula is C16H16N2S. The summed E-state index contributed by atoms with van der Waals surface area (Å²) in [6.07, 6.45) is 6.05. The van der Waals surface area contributed by atoms with E-state index < -0.39 is 0 Å². The van der Waals surface area contributed by atoms with Gasteiger partial charge in [0.05, 0.1) is 5.92 Å². The van der Waals surface area contributed by atoms with Crippen molar-refractivity contribution < 1.29 is 0 Å². The molecule has 0 bridgehead atoms. The Balaban J connectivity index is 2.04. The molecule has 1 aromatic carbocycles. The number of hydrogen-bond acceptors (Lipinski definition) is 1.